The number of piperidine rings is 1. The molecule has 4 rings (SSSR count). The molecule has 2 aromatic carbocycles. The molecule has 2 aromatic rings. The number of likely N-dealkylation sites (tertiary alicyclic amines) is 1. The lowest BCUT2D eigenvalue weighted by Gasteiger charge is -2.33. The third kappa shape index (κ3) is 5.63. The number of hydrogen-bond acceptors (Lipinski definition) is 4. The average Bonchev–Trinajstić information content (AvgIpc) is 2.82. The Kier molecular flexibility index (Phi) is 6.82. The molecule has 8 heteroatoms. The zero-order chi connectivity index (χ0) is 23.4. The quantitative estimate of drug-likeness (QED) is 0.760. The van der Waals surface area contributed by atoms with Crippen LogP contribution in [0.15, 0.2) is 53.6 Å². The van der Waals surface area contributed by atoms with Crippen LogP contribution >= 0.6 is 0 Å². The normalized spacial score (nSPS) is 17.0. The molecule has 3 amide bonds. The second-order valence-electron chi connectivity index (χ2n) is 8.53. The van der Waals surface area contributed by atoms with Crippen LogP contribution in [0.3, 0.4) is 0 Å². The van der Waals surface area contributed by atoms with Crippen molar-refractivity contribution in [2.75, 3.05) is 13.1 Å². The Bertz CT molecular complexity index is 1060. The van der Waals surface area contributed by atoms with E-state index in [0.717, 1.165) is 11.1 Å². The zero-order valence-electron chi connectivity index (χ0n) is 18.6. The van der Waals surface area contributed by atoms with Gasteiger partial charge in [-0.2, -0.15) is 5.10 Å². The highest BCUT2D eigenvalue weighted by Gasteiger charge is 2.28. The summed E-state index contributed by atoms with van der Waals surface area (Å²) in [5.41, 5.74) is 2.83. The first-order valence-corrected chi connectivity index (χ1v) is 11.2. The van der Waals surface area contributed by atoms with Gasteiger partial charge in [-0.15, -0.1) is 0 Å². The maximum atomic E-state index is 13.1. The number of hydrogen-bond donors (Lipinski definition) is 1. The van der Waals surface area contributed by atoms with E-state index in [4.69, 9.17) is 0 Å². The lowest BCUT2D eigenvalue weighted by atomic mass is 10.0. The highest BCUT2D eigenvalue weighted by atomic mass is 19.1. The summed E-state index contributed by atoms with van der Waals surface area (Å²) in [6.07, 6.45) is 1.82. The number of aryl methyl sites for hydroxylation is 1. The molecule has 2 aliphatic heterocycles. The molecule has 33 heavy (non-hydrogen) atoms. The van der Waals surface area contributed by atoms with Crippen molar-refractivity contribution in [2.45, 2.75) is 45.2 Å². The van der Waals surface area contributed by atoms with E-state index >= 15 is 0 Å². The monoisotopic (exact) mass is 450 g/mol. The molecule has 0 atom stereocenters. The van der Waals surface area contributed by atoms with Crippen molar-refractivity contribution >= 4 is 23.4 Å². The van der Waals surface area contributed by atoms with Gasteiger partial charge >= 0.3 is 0 Å². The van der Waals surface area contributed by atoms with Crippen LogP contribution in [0, 0.1) is 12.7 Å². The minimum absolute atomic E-state index is 0.00591. The summed E-state index contributed by atoms with van der Waals surface area (Å²) < 4.78 is 13.1. The second-order valence-corrected chi connectivity index (χ2v) is 8.53. The van der Waals surface area contributed by atoms with Crippen LogP contribution in [-0.2, 0) is 16.1 Å². The number of nitrogens with one attached hydrogen (secondary N) is 1. The Morgan fingerprint density at radius 1 is 1.03 bits per heavy atom. The molecule has 1 N–H and O–H groups in total. The fourth-order valence-corrected chi connectivity index (χ4v) is 4.03. The standard InChI is InChI=1S/C25H27FN4O3/c1-17-2-6-19(7-3-17)25(33)29-14-12-21(13-15-29)27-24(32)22-10-11-23(31)30(28-22)16-18-4-8-20(26)9-5-18/h2-9,21H,10-16H2,1H3,(H,27,32). The van der Waals surface area contributed by atoms with Gasteiger partial charge in [-0.3, -0.25) is 14.4 Å². The lowest BCUT2D eigenvalue weighted by molar-refractivity contribution is -0.132. The highest BCUT2D eigenvalue weighted by Crippen LogP contribution is 2.17. The van der Waals surface area contributed by atoms with Crippen LogP contribution in [-0.4, -0.2) is 52.5 Å². The van der Waals surface area contributed by atoms with Crippen molar-refractivity contribution in [2.24, 2.45) is 5.10 Å². The second kappa shape index (κ2) is 9.94. The third-order valence-corrected chi connectivity index (χ3v) is 6.03. The van der Waals surface area contributed by atoms with Crippen LogP contribution in [0.5, 0.6) is 0 Å². The van der Waals surface area contributed by atoms with E-state index in [1.807, 2.05) is 36.1 Å². The molecule has 7 nitrogen and oxygen atoms in total. The van der Waals surface area contributed by atoms with Crippen molar-refractivity contribution in [1.82, 2.24) is 15.2 Å². The Hall–Kier alpha value is -3.55. The minimum atomic E-state index is -0.348. The van der Waals surface area contributed by atoms with Crippen LogP contribution < -0.4 is 5.32 Å². The van der Waals surface area contributed by atoms with Crippen molar-refractivity contribution in [3.05, 3.63) is 71.0 Å². The van der Waals surface area contributed by atoms with Crippen molar-refractivity contribution < 1.29 is 18.8 Å². The average molecular weight is 451 g/mol. The molecule has 0 unspecified atom stereocenters. The molecular weight excluding hydrogens is 423 g/mol. The topological polar surface area (TPSA) is 82.1 Å². The lowest BCUT2D eigenvalue weighted by Crippen LogP contribution is -2.49. The Morgan fingerprint density at radius 3 is 2.36 bits per heavy atom. The zero-order valence-corrected chi connectivity index (χ0v) is 18.6. The van der Waals surface area contributed by atoms with E-state index in [2.05, 4.69) is 10.4 Å². The predicted octanol–water partition coefficient (Wildman–Crippen LogP) is 3.03. The maximum absolute atomic E-state index is 13.1. The maximum Gasteiger partial charge on any atom is 0.267 e. The number of carbonyl (C=O) groups is 3. The molecule has 0 bridgehead atoms. The van der Waals surface area contributed by atoms with Gasteiger partial charge in [0.15, 0.2) is 0 Å². The third-order valence-electron chi connectivity index (χ3n) is 6.03. The molecule has 2 heterocycles. The molecule has 2 aliphatic rings. The van der Waals surface area contributed by atoms with E-state index in [1.54, 1.807) is 12.1 Å². The smallest absolute Gasteiger partial charge is 0.267 e. The number of halogens is 1. The van der Waals surface area contributed by atoms with Gasteiger partial charge in [0.2, 0.25) is 5.91 Å². The van der Waals surface area contributed by atoms with Gasteiger partial charge in [0.1, 0.15) is 11.5 Å². The number of benzene rings is 2. The van der Waals surface area contributed by atoms with Crippen LogP contribution in [0.2, 0.25) is 0 Å². The number of hydrazone groups is 1. The largest absolute Gasteiger partial charge is 0.348 e. The predicted molar refractivity (Wildman–Crippen MR) is 122 cm³/mol. The van der Waals surface area contributed by atoms with Gasteiger partial charge in [-0.1, -0.05) is 29.8 Å². The first kappa shape index (κ1) is 22.6. The Labute approximate surface area is 192 Å². The Balaban J connectivity index is 1.31. The molecule has 1 fully saturated rings. The summed E-state index contributed by atoms with van der Waals surface area (Å²) in [5, 5.41) is 8.55. The molecule has 0 aliphatic carbocycles. The number of amides is 3. The first-order chi connectivity index (χ1) is 15.9. The summed E-state index contributed by atoms with van der Waals surface area (Å²) in [6.45, 7) is 3.31. The Morgan fingerprint density at radius 2 is 1.70 bits per heavy atom. The fraction of sp³-hybridized carbons (Fsp3) is 0.360. The van der Waals surface area contributed by atoms with Crippen molar-refractivity contribution in [3.8, 4) is 0 Å². The van der Waals surface area contributed by atoms with Crippen molar-refractivity contribution in [3.63, 3.8) is 0 Å². The van der Waals surface area contributed by atoms with Crippen molar-refractivity contribution in [1.29, 1.82) is 0 Å². The van der Waals surface area contributed by atoms with Crippen LogP contribution in [0.4, 0.5) is 4.39 Å². The van der Waals surface area contributed by atoms with E-state index in [1.165, 1.54) is 17.1 Å². The van der Waals surface area contributed by atoms with E-state index in [9.17, 15) is 18.8 Å². The SMILES string of the molecule is Cc1ccc(C(=O)N2CCC(NC(=O)C3=NN(Cc4ccc(F)cc4)C(=O)CC3)CC2)cc1. The van der Waals surface area contributed by atoms with Crippen LogP contribution in [0.1, 0.15) is 47.2 Å². The number of carbonyl (C=O) groups excluding carboxylic acids is 3. The molecule has 0 radical (unpaired) electrons. The summed E-state index contributed by atoms with van der Waals surface area (Å²) in [5.74, 6) is -0.793. The number of rotatable bonds is 5. The van der Waals surface area contributed by atoms with Gasteiger partial charge in [0.25, 0.3) is 11.8 Å². The summed E-state index contributed by atoms with van der Waals surface area (Å²) in [7, 11) is 0. The fourth-order valence-electron chi connectivity index (χ4n) is 4.03. The van der Waals surface area contributed by atoms with Gasteiger partial charge in [-0.25, -0.2) is 9.40 Å². The molecule has 172 valence electrons. The summed E-state index contributed by atoms with van der Waals surface area (Å²) >= 11 is 0. The molecule has 0 aromatic heterocycles. The summed E-state index contributed by atoms with van der Waals surface area (Å²) in [6, 6.07) is 13.3. The first-order valence-electron chi connectivity index (χ1n) is 11.2. The summed E-state index contributed by atoms with van der Waals surface area (Å²) in [4.78, 5) is 39.5. The molecule has 0 spiro atoms. The van der Waals surface area contributed by atoms with Gasteiger partial charge < -0.3 is 10.2 Å². The number of nitrogens with zero attached hydrogens (tertiary/aromatic N) is 3. The van der Waals surface area contributed by atoms with Gasteiger partial charge in [-0.05, 0) is 49.6 Å². The van der Waals surface area contributed by atoms with Gasteiger partial charge in [0.05, 0.1) is 6.54 Å². The molecular formula is C25H27FN4O3. The van der Waals surface area contributed by atoms with Crippen LogP contribution in [0.25, 0.3) is 0 Å². The minimum Gasteiger partial charge on any atom is -0.348 e. The molecule has 1 saturated heterocycles. The highest BCUT2D eigenvalue weighted by molar-refractivity contribution is 6.39. The van der Waals surface area contributed by atoms with E-state index in [-0.39, 0.29) is 49.0 Å². The van der Waals surface area contributed by atoms with E-state index in [0.29, 0.717) is 37.2 Å². The van der Waals surface area contributed by atoms with E-state index < -0.39 is 0 Å². The molecule has 0 saturated carbocycles. The van der Waals surface area contributed by atoms with Gasteiger partial charge in [0, 0.05) is 37.5 Å².